The summed E-state index contributed by atoms with van der Waals surface area (Å²) in [5, 5.41) is 15.7. The minimum atomic E-state index is -0.355. The van der Waals surface area contributed by atoms with Gasteiger partial charge in [0.2, 0.25) is 5.01 Å². The van der Waals surface area contributed by atoms with E-state index in [0.717, 1.165) is 12.8 Å². The first kappa shape index (κ1) is 20.6. The molecule has 0 bridgehead atoms. The van der Waals surface area contributed by atoms with Crippen LogP contribution in [0.25, 0.3) is 0 Å². The Morgan fingerprint density at radius 3 is 2.57 bits per heavy atom. The summed E-state index contributed by atoms with van der Waals surface area (Å²) in [6.07, 6.45) is 1.59. The molecule has 154 valence electrons. The molecule has 0 unspecified atom stereocenters. The van der Waals surface area contributed by atoms with Crippen molar-refractivity contribution in [3.63, 3.8) is 0 Å². The number of rotatable bonds is 4. The number of nitrogens with zero attached hydrogens (tertiary/aromatic N) is 3. The molecule has 1 atom stereocenters. The summed E-state index contributed by atoms with van der Waals surface area (Å²) >= 11 is 13.2. The molecule has 0 aliphatic carbocycles. The molecule has 2 heterocycles. The van der Waals surface area contributed by atoms with Gasteiger partial charge in [-0.1, -0.05) is 46.7 Å². The van der Waals surface area contributed by atoms with Gasteiger partial charge in [0.15, 0.2) is 0 Å². The van der Waals surface area contributed by atoms with Crippen LogP contribution >= 0.6 is 34.5 Å². The van der Waals surface area contributed by atoms with E-state index in [2.05, 4.69) is 20.8 Å². The van der Waals surface area contributed by atoms with Gasteiger partial charge < -0.3 is 15.5 Å². The number of nitrogens with one attached hydrogen (secondary N) is 2. The smallest absolute Gasteiger partial charge is 0.320 e. The Labute approximate surface area is 187 Å². The zero-order valence-electron chi connectivity index (χ0n) is 15.6. The number of urea groups is 1. The van der Waals surface area contributed by atoms with E-state index in [4.69, 9.17) is 23.2 Å². The number of hydrogen-bond acceptors (Lipinski definition) is 5. The fourth-order valence-electron chi connectivity index (χ4n) is 3.19. The van der Waals surface area contributed by atoms with E-state index in [1.165, 1.54) is 11.3 Å². The molecular weight excluding hydrogens is 445 g/mol. The lowest BCUT2D eigenvalue weighted by molar-refractivity contribution is 0.102. The Hall–Kier alpha value is -2.68. The Morgan fingerprint density at radius 1 is 1.03 bits per heavy atom. The zero-order valence-corrected chi connectivity index (χ0v) is 18.0. The van der Waals surface area contributed by atoms with Crippen LogP contribution in [-0.2, 0) is 0 Å². The number of aromatic nitrogens is 2. The largest absolute Gasteiger partial charge is 0.322 e. The van der Waals surface area contributed by atoms with E-state index in [1.807, 2.05) is 0 Å². The summed E-state index contributed by atoms with van der Waals surface area (Å²) in [7, 11) is 0. The summed E-state index contributed by atoms with van der Waals surface area (Å²) in [5.41, 5.74) is 1.16. The molecule has 2 N–H and O–H groups in total. The minimum absolute atomic E-state index is 0.234. The van der Waals surface area contributed by atoms with Gasteiger partial charge in [-0.25, -0.2) is 4.79 Å². The van der Waals surface area contributed by atoms with E-state index in [9.17, 15) is 9.59 Å². The van der Waals surface area contributed by atoms with Gasteiger partial charge >= 0.3 is 6.03 Å². The van der Waals surface area contributed by atoms with E-state index in [0.29, 0.717) is 33.0 Å². The number of anilines is 2. The number of likely N-dealkylation sites (tertiary alicyclic amines) is 1. The van der Waals surface area contributed by atoms with Gasteiger partial charge in [0.05, 0.1) is 16.8 Å². The average Bonchev–Trinajstić information content (AvgIpc) is 3.40. The van der Waals surface area contributed by atoms with E-state index >= 15 is 0 Å². The third kappa shape index (κ3) is 4.56. The van der Waals surface area contributed by atoms with Crippen LogP contribution in [0.3, 0.4) is 0 Å². The maximum absolute atomic E-state index is 12.8. The molecule has 4 rings (SSSR count). The number of para-hydroxylation sites is 1. The van der Waals surface area contributed by atoms with Crippen molar-refractivity contribution in [1.29, 1.82) is 0 Å². The van der Waals surface area contributed by atoms with Gasteiger partial charge in [-0.3, -0.25) is 4.79 Å². The lowest BCUT2D eigenvalue weighted by atomic mass is 10.2. The van der Waals surface area contributed by atoms with Crippen molar-refractivity contribution < 1.29 is 9.59 Å². The van der Waals surface area contributed by atoms with Crippen LogP contribution in [0.1, 0.15) is 33.7 Å². The van der Waals surface area contributed by atoms with Gasteiger partial charge in [-0.15, -0.1) is 10.2 Å². The van der Waals surface area contributed by atoms with Gasteiger partial charge in [-0.05, 0) is 49.2 Å². The van der Waals surface area contributed by atoms with Crippen molar-refractivity contribution in [2.24, 2.45) is 0 Å². The Morgan fingerprint density at radius 2 is 1.80 bits per heavy atom. The molecule has 0 spiro atoms. The molecule has 2 aromatic carbocycles. The van der Waals surface area contributed by atoms with Crippen molar-refractivity contribution in [1.82, 2.24) is 15.1 Å². The molecule has 1 aliphatic heterocycles. The van der Waals surface area contributed by atoms with Gasteiger partial charge in [0.1, 0.15) is 5.01 Å². The molecule has 3 amide bonds. The van der Waals surface area contributed by atoms with Crippen LogP contribution in [-0.4, -0.2) is 33.6 Å². The van der Waals surface area contributed by atoms with Gasteiger partial charge in [-0.2, -0.15) is 0 Å². The SMILES string of the molecule is O=C(Nc1ccc(Cl)cc1)c1nnc([C@H]2CCCN2C(=O)Nc2ccccc2Cl)s1. The van der Waals surface area contributed by atoms with Crippen molar-refractivity contribution in [2.45, 2.75) is 18.9 Å². The molecule has 1 saturated heterocycles. The second kappa shape index (κ2) is 8.99. The Balaban J connectivity index is 1.45. The van der Waals surface area contributed by atoms with Gasteiger partial charge in [0.25, 0.3) is 5.91 Å². The zero-order chi connectivity index (χ0) is 21.1. The highest BCUT2D eigenvalue weighted by atomic mass is 35.5. The number of amides is 3. The minimum Gasteiger partial charge on any atom is -0.320 e. The fraction of sp³-hybridized carbons (Fsp3) is 0.200. The second-order valence-corrected chi connectivity index (χ2v) is 8.52. The number of halogens is 2. The first-order valence-corrected chi connectivity index (χ1v) is 10.8. The predicted molar refractivity (Wildman–Crippen MR) is 118 cm³/mol. The molecule has 1 aliphatic rings. The average molecular weight is 462 g/mol. The van der Waals surface area contributed by atoms with Crippen LogP contribution in [0.2, 0.25) is 10.0 Å². The molecule has 7 nitrogen and oxygen atoms in total. The molecule has 10 heteroatoms. The summed E-state index contributed by atoms with van der Waals surface area (Å²) < 4.78 is 0. The molecule has 1 aromatic heterocycles. The lowest BCUT2D eigenvalue weighted by Crippen LogP contribution is -2.34. The molecule has 3 aromatic rings. The highest BCUT2D eigenvalue weighted by molar-refractivity contribution is 7.13. The van der Waals surface area contributed by atoms with Crippen LogP contribution in [0.4, 0.5) is 16.2 Å². The first-order chi connectivity index (χ1) is 14.5. The highest BCUT2D eigenvalue weighted by Gasteiger charge is 2.33. The van der Waals surface area contributed by atoms with Gasteiger partial charge in [0, 0.05) is 17.3 Å². The van der Waals surface area contributed by atoms with E-state index in [1.54, 1.807) is 53.4 Å². The third-order valence-electron chi connectivity index (χ3n) is 4.65. The molecule has 30 heavy (non-hydrogen) atoms. The standard InChI is InChI=1S/C20H17Cl2N5O2S/c21-12-7-9-13(10-8-12)23-17(28)19-26-25-18(30-19)16-6-3-11-27(16)20(29)24-15-5-2-1-4-14(15)22/h1-2,4-5,7-10,16H,3,6,11H2,(H,23,28)(H,24,29)/t16-/m1/s1. The third-order valence-corrected chi connectivity index (χ3v) is 6.26. The number of carbonyl (C=O) groups is 2. The summed E-state index contributed by atoms with van der Waals surface area (Å²) in [6, 6.07) is 13.4. The molecule has 0 radical (unpaired) electrons. The second-order valence-electron chi connectivity index (χ2n) is 6.67. The first-order valence-electron chi connectivity index (χ1n) is 9.24. The topological polar surface area (TPSA) is 87.2 Å². The van der Waals surface area contributed by atoms with Crippen LogP contribution in [0, 0.1) is 0 Å². The maximum atomic E-state index is 12.8. The number of hydrogen-bond donors (Lipinski definition) is 2. The predicted octanol–water partition coefficient (Wildman–Crippen LogP) is 5.47. The normalized spacial score (nSPS) is 15.8. The monoisotopic (exact) mass is 461 g/mol. The van der Waals surface area contributed by atoms with Crippen molar-refractivity contribution in [3.05, 3.63) is 68.6 Å². The maximum Gasteiger partial charge on any atom is 0.322 e. The van der Waals surface area contributed by atoms with E-state index < -0.39 is 0 Å². The van der Waals surface area contributed by atoms with Crippen molar-refractivity contribution in [2.75, 3.05) is 17.2 Å². The van der Waals surface area contributed by atoms with Crippen LogP contribution in [0.15, 0.2) is 48.5 Å². The lowest BCUT2D eigenvalue weighted by Gasteiger charge is -2.23. The number of carbonyl (C=O) groups excluding carboxylic acids is 2. The summed E-state index contributed by atoms with van der Waals surface area (Å²) in [6.45, 7) is 0.590. The molecular formula is C20H17Cl2N5O2S. The van der Waals surface area contributed by atoms with Crippen LogP contribution in [0.5, 0.6) is 0 Å². The van der Waals surface area contributed by atoms with Crippen molar-refractivity contribution >= 4 is 57.9 Å². The fourth-order valence-corrected chi connectivity index (χ4v) is 4.39. The molecule has 1 fully saturated rings. The van der Waals surface area contributed by atoms with Crippen LogP contribution < -0.4 is 10.6 Å². The Kier molecular flexibility index (Phi) is 6.17. The summed E-state index contributed by atoms with van der Waals surface area (Å²) in [4.78, 5) is 27.0. The highest BCUT2D eigenvalue weighted by Crippen LogP contribution is 2.34. The summed E-state index contributed by atoms with van der Waals surface area (Å²) in [5.74, 6) is -0.355. The quantitative estimate of drug-likeness (QED) is 0.539. The van der Waals surface area contributed by atoms with E-state index in [-0.39, 0.29) is 23.0 Å². The number of benzene rings is 2. The molecule has 0 saturated carbocycles. The van der Waals surface area contributed by atoms with Crippen molar-refractivity contribution in [3.8, 4) is 0 Å². The Bertz CT molecular complexity index is 1070.